The van der Waals surface area contributed by atoms with Crippen LogP contribution in [0.5, 0.6) is 0 Å². The molecule has 0 bridgehead atoms. The lowest BCUT2D eigenvalue weighted by Crippen LogP contribution is -2.19. The molecule has 114 valence electrons. The molecule has 0 saturated carbocycles. The van der Waals surface area contributed by atoms with Gasteiger partial charge in [-0.05, 0) is 6.42 Å². The minimum atomic E-state index is 0.00443. The van der Waals surface area contributed by atoms with Gasteiger partial charge in [0.25, 0.3) is 0 Å². The van der Waals surface area contributed by atoms with E-state index in [9.17, 15) is 4.79 Å². The quantitative estimate of drug-likeness (QED) is 0.780. The summed E-state index contributed by atoms with van der Waals surface area (Å²) in [6.07, 6.45) is 5.21. The number of amides is 1. The monoisotopic (exact) mass is 325 g/mol. The average molecular weight is 325 g/mol. The number of thioether (sulfide) groups is 1. The van der Waals surface area contributed by atoms with Gasteiger partial charge in [-0.25, -0.2) is 9.97 Å². The van der Waals surface area contributed by atoms with Gasteiger partial charge in [0.2, 0.25) is 11.8 Å². The summed E-state index contributed by atoms with van der Waals surface area (Å²) in [7, 11) is 0. The van der Waals surface area contributed by atoms with Crippen LogP contribution >= 0.6 is 23.1 Å². The third-order valence-corrected chi connectivity index (χ3v) is 5.15. The lowest BCUT2D eigenvalue weighted by Gasteiger charge is -2.06. The average Bonchev–Trinajstić information content (AvgIpc) is 3.13. The molecule has 5 nitrogen and oxygen atoms in total. The van der Waals surface area contributed by atoms with E-state index >= 15 is 0 Å². The van der Waals surface area contributed by atoms with Crippen molar-refractivity contribution in [1.29, 1.82) is 0 Å². The highest BCUT2D eigenvalue weighted by Crippen LogP contribution is 2.30. The fraction of sp³-hybridized carbons (Fsp3) is 0.500. The smallest absolute Gasteiger partial charge is 0.228 e. The van der Waals surface area contributed by atoms with Crippen molar-refractivity contribution in [3.63, 3.8) is 0 Å². The van der Waals surface area contributed by atoms with E-state index in [0.717, 1.165) is 28.7 Å². The zero-order chi connectivity index (χ0) is 15.2. The van der Waals surface area contributed by atoms with Crippen LogP contribution in [0.3, 0.4) is 0 Å². The fourth-order valence-electron chi connectivity index (χ4n) is 1.51. The van der Waals surface area contributed by atoms with Crippen molar-refractivity contribution in [2.75, 3.05) is 5.32 Å². The van der Waals surface area contributed by atoms with E-state index in [1.807, 2.05) is 20.8 Å². The predicted molar refractivity (Wildman–Crippen MR) is 85.6 cm³/mol. The summed E-state index contributed by atoms with van der Waals surface area (Å²) in [5.74, 6) is 2.31. The van der Waals surface area contributed by atoms with Crippen LogP contribution in [-0.4, -0.2) is 15.9 Å². The Morgan fingerprint density at radius 2 is 2.24 bits per heavy atom. The van der Waals surface area contributed by atoms with Gasteiger partial charge in [-0.15, -0.1) is 11.8 Å². The molecule has 0 saturated heterocycles. The number of anilines is 1. The zero-order valence-corrected chi connectivity index (χ0v) is 14.0. The molecule has 0 aliphatic rings. The van der Waals surface area contributed by atoms with E-state index in [-0.39, 0.29) is 11.8 Å². The van der Waals surface area contributed by atoms with Crippen LogP contribution in [0.2, 0.25) is 0 Å². The number of aryl methyl sites for hydroxylation is 1. The van der Waals surface area contributed by atoms with Crippen molar-refractivity contribution in [1.82, 2.24) is 9.97 Å². The molecule has 0 spiro atoms. The van der Waals surface area contributed by atoms with E-state index in [0.29, 0.717) is 10.9 Å². The normalized spacial score (nSPS) is 12.3. The van der Waals surface area contributed by atoms with E-state index < -0.39 is 0 Å². The summed E-state index contributed by atoms with van der Waals surface area (Å²) >= 11 is 3.08. The summed E-state index contributed by atoms with van der Waals surface area (Å²) in [5, 5.41) is 3.48. The lowest BCUT2D eigenvalue weighted by molar-refractivity contribution is -0.119. The maximum absolute atomic E-state index is 11.8. The summed E-state index contributed by atoms with van der Waals surface area (Å²) in [4.78, 5) is 20.2. The Morgan fingerprint density at radius 3 is 2.90 bits per heavy atom. The molecule has 2 rings (SSSR count). The van der Waals surface area contributed by atoms with Crippen LogP contribution < -0.4 is 5.32 Å². The Morgan fingerprint density at radius 1 is 1.43 bits per heavy atom. The van der Waals surface area contributed by atoms with E-state index in [2.05, 4.69) is 15.3 Å². The second-order valence-corrected chi connectivity index (χ2v) is 6.95. The summed E-state index contributed by atoms with van der Waals surface area (Å²) in [5.41, 5.74) is 0. The Hall–Kier alpha value is -1.34. The summed E-state index contributed by atoms with van der Waals surface area (Å²) in [6, 6.07) is 0. The standard InChI is InChI=1S/C14H19N3O2S2/c1-4-9(3)13(18)17-14-16-7-12(21-14)20-8-11-15-6-10(5-2)19-11/h6-7,9H,4-5,8H2,1-3H3,(H,16,17,18)/t9-/m0/s1. The van der Waals surface area contributed by atoms with Crippen LogP contribution in [-0.2, 0) is 17.0 Å². The Balaban J connectivity index is 1.86. The number of oxazole rings is 1. The maximum atomic E-state index is 11.8. The van der Waals surface area contributed by atoms with Gasteiger partial charge in [0.15, 0.2) is 5.13 Å². The number of aromatic nitrogens is 2. The van der Waals surface area contributed by atoms with Gasteiger partial charge in [0, 0.05) is 12.3 Å². The maximum Gasteiger partial charge on any atom is 0.228 e. The first-order chi connectivity index (χ1) is 10.1. The minimum Gasteiger partial charge on any atom is -0.445 e. The highest BCUT2D eigenvalue weighted by atomic mass is 32.2. The van der Waals surface area contributed by atoms with Gasteiger partial charge in [0.05, 0.1) is 22.4 Å². The van der Waals surface area contributed by atoms with Crippen molar-refractivity contribution >= 4 is 34.1 Å². The third-order valence-electron chi connectivity index (χ3n) is 3.06. The molecule has 21 heavy (non-hydrogen) atoms. The SMILES string of the molecule is CCc1cnc(CSc2cnc(NC(=O)[C@@H](C)CC)s2)o1. The van der Waals surface area contributed by atoms with Crippen LogP contribution in [0.1, 0.15) is 38.8 Å². The zero-order valence-electron chi connectivity index (χ0n) is 12.4. The molecule has 1 atom stereocenters. The number of hydrogen-bond acceptors (Lipinski definition) is 6. The molecule has 1 amide bonds. The molecule has 2 aromatic heterocycles. The highest BCUT2D eigenvalue weighted by molar-refractivity contribution is 8.00. The fourth-order valence-corrected chi connectivity index (χ4v) is 3.24. The van der Waals surface area contributed by atoms with Gasteiger partial charge in [-0.2, -0.15) is 0 Å². The summed E-state index contributed by atoms with van der Waals surface area (Å²) < 4.78 is 6.59. The van der Waals surface area contributed by atoms with Gasteiger partial charge in [-0.3, -0.25) is 4.79 Å². The number of carbonyl (C=O) groups is 1. The number of hydrogen-bond donors (Lipinski definition) is 1. The summed E-state index contributed by atoms with van der Waals surface area (Å²) in [6.45, 7) is 5.94. The topological polar surface area (TPSA) is 68.0 Å². The van der Waals surface area contributed by atoms with Gasteiger partial charge >= 0.3 is 0 Å². The molecule has 0 aliphatic carbocycles. The second kappa shape index (κ2) is 7.61. The van der Waals surface area contributed by atoms with Crippen molar-refractivity contribution in [3.8, 4) is 0 Å². The van der Waals surface area contributed by atoms with Gasteiger partial charge < -0.3 is 9.73 Å². The van der Waals surface area contributed by atoms with Crippen LogP contribution in [0.4, 0.5) is 5.13 Å². The van der Waals surface area contributed by atoms with Crippen LogP contribution in [0.25, 0.3) is 0 Å². The predicted octanol–water partition coefficient (Wildman–Crippen LogP) is 3.97. The molecule has 0 unspecified atom stereocenters. The molecule has 0 fully saturated rings. The second-order valence-electron chi connectivity index (χ2n) is 4.65. The minimum absolute atomic E-state index is 0.00443. The van der Waals surface area contributed by atoms with E-state index in [1.165, 1.54) is 11.3 Å². The van der Waals surface area contributed by atoms with E-state index in [1.54, 1.807) is 24.2 Å². The molecule has 0 aliphatic heterocycles. The first-order valence-corrected chi connectivity index (χ1v) is 8.75. The molecule has 2 aromatic rings. The molecule has 0 aromatic carbocycles. The van der Waals surface area contributed by atoms with Crippen molar-refractivity contribution < 1.29 is 9.21 Å². The Bertz CT molecular complexity index is 595. The van der Waals surface area contributed by atoms with Gasteiger partial charge in [0.1, 0.15) is 5.76 Å². The number of rotatable bonds is 7. The van der Waals surface area contributed by atoms with Crippen LogP contribution in [0, 0.1) is 5.92 Å². The third kappa shape index (κ3) is 4.57. The number of nitrogens with zero attached hydrogens (tertiary/aromatic N) is 2. The van der Waals surface area contributed by atoms with E-state index in [4.69, 9.17) is 4.42 Å². The number of nitrogens with one attached hydrogen (secondary N) is 1. The van der Waals surface area contributed by atoms with Crippen LogP contribution in [0.15, 0.2) is 21.0 Å². The number of carbonyl (C=O) groups excluding carboxylic acids is 1. The van der Waals surface area contributed by atoms with Crippen molar-refractivity contribution in [2.24, 2.45) is 5.92 Å². The molecular formula is C14H19N3O2S2. The lowest BCUT2D eigenvalue weighted by atomic mass is 10.1. The molecule has 0 radical (unpaired) electrons. The first kappa shape index (κ1) is 16.0. The first-order valence-electron chi connectivity index (χ1n) is 6.95. The highest BCUT2D eigenvalue weighted by Gasteiger charge is 2.13. The molecule has 7 heteroatoms. The Kier molecular flexibility index (Phi) is 5.81. The largest absolute Gasteiger partial charge is 0.445 e. The van der Waals surface area contributed by atoms with Crippen molar-refractivity contribution in [2.45, 2.75) is 43.6 Å². The molecule has 1 N–H and O–H groups in total. The number of thiazole rings is 1. The Labute approximate surface area is 132 Å². The van der Waals surface area contributed by atoms with Crippen molar-refractivity contribution in [3.05, 3.63) is 24.0 Å². The molecule has 2 heterocycles. The van der Waals surface area contributed by atoms with Gasteiger partial charge in [-0.1, -0.05) is 32.1 Å². The molecular weight excluding hydrogens is 306 g/mol.